The number of aromatic nitrogens is 1. The van der Waals surface area contributed by atoms with Crippen molar-refractivity contribution in [1.29, 1.82) is 0 Å². The molecule has 2 saturated heterocycles. The summed E-state index contributed by atoms with van der Waals surface area (Å²) >= 11 is 0. The number of carbonyl (C=O) groups excluding carboxylic acids is 1. The molecule has 1 aromatic rings. The largest absolute Gasteiger partial charge is 0.334 e. The van der Waals surface area contributed by atoms with Crippen LogP contribution < -0.4 is 0 Å². The van der Waals surface area contributed by atoms with Crippen LogP contribution in [0.4, 0.5) is 0 Å². The average molecular weight is 275 g/mol. The first kappa shape index (κ1) is 15.0. The minimum absolute atomic E-state index is 0.279. The number of fused-ring (bicyclic) bond motifs is 2. The molecule has 1 amide bonds. The zero-order valence-corrected chi connectivity index (χ0v) is 12.7. The smallest absolute Gasteiger partial charge is 0.227 e. The van der Waals surface area contributed by atoms with E-state index in [4.69, 9.17) is 0 Å². The summed E-state index contributed by atoms with van der Waals surface area (Å²) in [5, 5.41) is 0. The molecule has 2 bridgehead atoms. The van der Waals surface area contributed by atoms with Gasteiger partial charge in [0.25, 0.3) is 0 Å². The maximum Gasteiger partial charge on any atom is 0.227 e. The lowest BCUT2D eigenvalue weighted by Crippen LogP contribution is -2.55. The van der Waals surface area contributed by atoms with Gasteiger partial charge in [-0.05, 0) is 37.6 Å². The number of amides is 1. The van der Waals surface area contributed by atoms with Gasteiger partial charge in [0.05, 0.1) is 6.42 Å². The summed E-state index contributed by atoms with van der Waals surface area (Å²) in [5.41, 5.74) is 1.06. The number of likely N-dealkylation sites (tertiary alicyclic amines) is 1. The molecule has 0 radical (unpaired) electrons. The second kappa shape index (κ2) is 6.84. The highest BCUT2D eigenvalue weighted by atomic mass is 16.2. The lowest BCUT2D eigenvalue weighted by molar-refractivity contribution is -0.135. The SMILES string of the molecule is CC.CN1CC2CCC(C1)N2C(=O)Cc1ccncc1. The van der Waals surface area contributed by atoms with Crippen molar-refractivity contribution >= 4 is 5.91 Å². The van der Waals surface area contributed by atoms with Crippen molar-refractivity contribution in [2.45, 2.75) is 45.2 Å². The third-order valence-corrected chi connectivity index (χ3v) is 4.06. The molecule has 2 unspecified atom stereocenters. The molecule has 0 spiro atoms. The monoisotopic (exact) mass is 275 g/mol. The molecule has 2 atom stereocenters. The Morgan fingerprint density at radius 3 is 2.30 bits per heavy atom. The molecule has 110 valence electrons. The summed E-state index contributed by atoms with van der Waals surface area (Å²) in [6.45, 7) is 6.05. The molecule has 0 aliphatic carbocycles. The van der Waals surface area contributed by atoms with Gasteiger partial charge in [0.2, 0.25) is 5.91 Å². The summed E-state index contributed by atoms with van der Waals surface area (Å²) in [5.74, 6) is 0.279. The molecule has 1 aromatic heterocycles. The zero-order chi connectivity index (χ0) is 14.5. The van der Waals surface area contributed by atoms with E-state index >= 15 is 0 Å². The number of rotatable bonds is 2. The number of likely N-dealkylation sites (N-methyl/N-ethyl adjacent to an activating group) is 1. The van der Waals surface area contributed by atoms with E-state index in [2.05, 4.69) is 21.8 Å². The Kier molecular flexibility index (Phi) is 5.12. The van der Waals surface area contributed by atoms with Crippen LogP contribution in [0.2, 0.25) is 0 Å². The Bertz CT molecular complexity index is 421. The lowest BCUT2D eigenvalue weighted by atomic mass is 10.1. The molecular weight excluding hydrogens is 250 g/mol. The van der Waals surface area contributed by atoms with Gasteiger partial charge >= 0.3 is 0 Å². The fourth-order valence-electron chi connectivity index (χ4n) is 3.29. The van der Waals surface area contributed by atoms with Gasteiger partial charge in [0, 0.05) is 37.6 Å². The predicted octanol–water partition coefficient (Wildman–Crippen LogP) is 1.96. The van der Waals surface area contributed by atoms with E-state index in [0.717, 1.165) is 31.5 Å². The van der Waals surface area contributed by atoms with Crippen LogP contribution in [0.25, 0.3) is 0 Å². The summed E-state index contributed by atoms with van der Waals surface area (Å²) in [6, 6.07) is 4.72. The normalized spacial score (nSPS) is 25.1. The summed E-state index contributed by atoms with van der Waals surface area (Å²) < 4.78 is 0. The van der Waals surface area contributed by atoms with Crippen molar-refractivity contribution in [2.75, 3.05) is 20.1 Å². The summed E-state index contributed by atoms with van der Waals surface area (Å²) in [7, 11) is 2.15. The fraction of sp³-hybridized carbons (Fsp3) is 0.625. The maximum absolute atomic E-state index is 12.4. The first-order valence-electron chi connectivity index (χ1n) is 7.62. The van der Waals surface area contributed by atoms with Gasteiger partial charge in [0.1, 0.15) is 0 Å². The Morgan fingerprint density at radius 1 is 1.20 bits per heavy atom. The highest BCUT2D eigenvalue weighted by Crippen LogP contribution is 2.30. The summed E-state index contributed by atoms with van der Waals surface area (Å²) in [4.78, 5) is 20.9. The highest BCUT2D eigenvalue weighted by Gasteiger charge is 2.41. The Labute approximate surface area is 121 Å². The van der Waals surface area contributed by atoms with Crippen LogP contribution in [0.5, 0.6) is 0 Å². The zero-order valence-electron chi connectivity index (χ0n) is 12.7. The van der Waals surface area contributed by atoms with E-state index in [1.54, 1.807) is 12.4 Å². The van der Waals surface area contributed by atoms with Crippen LogP contribution in [-0.4, -0.2) is 52.9 Å². The molecule has 0 N–H and O–H groups in total. The number of piperazine rings is 1. The van der Waals surface area contributed by atoms with Crippen LogP contribution in [-0.2, 0) is 11.2 Å². The second-order valence-electron chi connectivity index (χ2n) is 5.44. The Balaban J connectivity index is 0.000000704. The van der Waals surface area contributed by atoms with Crippen LogP contribution in [0.3, 0.4) is 0 Å². The van der Waals surface area contributed by atoms with Crippen LogP contribution in [0.1, 0.15) is 32.3 Å². The molecule has 2 fully saturated rings. The molecular formula is C16H25N3O. The van der Waals surface area contributed by atoms with E-state index < -0.39 is 0 Å². The molecule has 2 aliphatic rings. The van der Waals surface area contributed by atoms with Crippen molar-refractivity contribution in [3.8, 4) is 0 Å². The molecule has 4 heteroatoms. The van der Waals surface area contributed by atoms with Gasteiger partial charge in [-0.25, -0.2) is 0 Å². The van der Waals surface area contributed by atoms with Gasteiger partial charge in [-0.3, -0.25) is 9.78 Å². The van der Waals surface area contributed by atoms with Crippen molar-refractivity contribution in [3.05, 3.63) is 30.1 Å². The van der Waals surface area contributed by atoms with E-state index in [-0.39, 0.29) is 5.91 Å². The van der Waals surface area contributed by atoms with Crippen LogP contribution in [0, 0.1) is 0 Å². The van der Waals surface area contributed by atoms with Crippen molar-refractivity contribution in [1.82, 2.24) is 14.8 Å². The topological polar surface area (TPSA) is 36.4 Å². The molecule has 20 heavy (non-hydrogen) atoms. The molecule has 3 heterocycles. The van der Waals surface area contributed by atoms with E-state index in [1.807, 2.05) is 26.0 Å². The Hall–Kier alpha value is -1.42. The van der Waals surface area contributed by atoms with Crippen molar-refractivity contribution in [2.24, 2.45) is 0 Å². The quantitative estimate of drug-likeness (QED) is 0.828. The predicted molar refractivity (Wildman–Crippen MR) is 80.4 cm³/mol. The van der Waals surface area contributed by atoms with Gasteiger partial charge in [0.15, 0.2) is 0 Å². The first-order valence-corrected chi connectivity index (χ1v) is 7.62. The number of hydrogen-bond donors (Lipinski definition) is 0. The molecule has 0 saturated carbocycles. The molecule has 3 rings (SSSR count). The number of nitrogens with zero attached hydrogens (tertiary/aromatic N) is 3. The van der Waals surface area contributed by atoms with Gasteiger partial charge in [-0.2, -0.15) is 0 Å². The van der Waals surface area contributed by atoms with Crippen molar-refractivity contribution in [3.63, 3.8) is 0 Å². The van der Waals surface area contributed by atoms with E-state index in [9.17, 15) is 4.79 Å². The summed E-state index contributed by atoms with van der Waals surface area (Å²) in [6.07, 6.45) is 6.34. The third-order valence-electron chi connectivity index (χ3n) is 4.06. The maximum atomic E-state index is 12.4. The average Bonchev–Trinajstić information content (AvgIpc) is 2.74. The molecule has 2 aliphatic heterocycles. The standard InChI is InChI=1S/C14H19N3O.C2H6/c1-16-9-12-2-3-13(10-16)17(12)14(18)8-11-4-6-15-7-5-11;1-2/h4-7,12-13H,2-3,8-10H2,1H3;1-2H3. The number of pyridine rings is 1. The fourth-order valence-corrected chi connectivity index (χ4v) is 3.29. The minimum atomic E-state index is 0.279. The number of carbonyl (C=O) groups is 1. The van der Waals surface area contributed by atoms with Gasteiger partial charge < -0.3 is 9.80 Å². The van der Waals surface area contributed by atoms with E-state index in [0.29, 0.717) is 18.5 Å². The molecule has 0 aromatic carbocycles. The Morgan fingerprint density at radius 2 is 1.75 bits per heavy atom. The molecule has 4 nitrogen and oxygen atoms in total. The van der Waals surface area contributed by atoms with E-state index in [1.165, 1.54) is 0 Å². The first-order chi connectivity index (χ1) is 9.74. The van der Waals surface area contributed by atoms with Crippen LogP contribution in [0.15, 0.2) is 24.5 Å². The number of hydrogen-bond acceptors (Lipinski definition) is 3. The second-order valence-corrected chi connectivity index (χ2v) is 5.44. The van der Waals surface area contributed by atoms with Gasteiger partial charge in [-0.15, -0.1) is 0 Å². The third kappa shape index (κ3) is 3.18. The lowest BCUT2D eigenvalue weighted by Gasteiger charge is -2.39. The minimum Gasteiger partial charge on any atom is -0.334 e. The van der Waals surface area contributed by atoms with Crippen molar-refractivity contribution < 1.29 is 4.79 Å². The van der Waals surface area contributed by atoms with Gasteiger partial charge in [-0.1, -0.05) is 13.8 Å². The highest BCUT2D eigenvalue weighted by molar-refractivity contribution is 5.80. The van der Waals surface area contributed by atoms with Crippen LogP contribution >= 0.6 is 0 Å².